The van der Waals surface area contributed by atoms with Crippen molar-refractivity contribution >= 4 is 21.8 Å². The van der Waals surface area contributed by atoms with Crippen LogP contribution in [0.25, 0.3) is 72.8 Å². The van der Waals surface area contributed by atoms with Crippen LogP contribution in [-0.2, 0) is 12.4 Å². The number of hydrogen-bond donors (Lipinski definition) is 0. The molecule has 0 fully saturated rings. The lowest BCUT2D eigenvalue weighted by molar-refractivity contribution is -0.138. The molecule has 51 heavy (non-hydrogen) atoms. The van der Waals surface area contributed by atoms with Crippen molar-refractivity contribution < 1.29 is 26.3 Å². The molecule has 0 aliphatic rings. The van der Waals surface area contributed by atoms with Crippen molar-refractivity contribution in [3.05, 3.63) is 157 Å². The van der Waals surface area contributed by atoms with E-state index < -0.39 is 23.5 Å². The first kappa shape index (κ1) is 31.9. The van der Waals surface area contributed by atoms with E-state index in [1.54, 1.807) is 47.0 Å². The van der Waals surface area contributed by atoms with E-state index in [1.165, 1.54) is 12.1 Å². The van der Waals surface area contributed by atoms with E-state index in [2.05, 4.69) is 0 Å². The summed E-state index contributed by atoms with van der Waals surface area (Å²) in [5, 5.41) is 1.27. The molecule has 2 aromatic heterocycles. The summed E-state index contributed by atoms with van der Waals surface area (Å²) in [5.74, 6) is 0.967. The molecule has 8 aromatic rings. The molecule has 0 radical (unpaired) electrons. The molecule has 0 unspecified atom stereocenters. The molecule has 0 spiro atoms. The fraction of sp³-hybridized carbons (Fsp3) is 0.0488. The summed E-state index contributed by atoms with van der Waals surface area (Å²) in [5.41, 5.74) is 2.12. The number of para-hydroxylation sites is 1. The van der Waals surface area contributed by atoms with E-state index in [4.69, 9.17) is 15.0 Å². The number of nitrogens with zero attached hydrogens (tertiary/aromatic N) is 4. The summed E-state index contributed by atoms with van der Waals surface area (Å²) in [6.45, 7) is 0. The number of hydrogen-bond acceptors (Lipinski definition) is 3. The average Bonchev–Trinajstić information content (AvgIpc) is 3.48. The highest BCUT2D eigenvalue weighted by molar-refractivity contribution is 6.10. The van der Waals surface area contributed by atoms with Gasteiger partial charge in [0.2, 0.25) is 0 Å². The van der Waals surface area contributed by atoms with E-state index in [1.807, 2.05) is 66.7 Å². The Balaban J connectivity index is 1.46. The molecule has 6 aromatic carbocycles. The monoisotopic (exact) mass is 686 g/mol. The molecule has 0 saturated carbocycles. The van der Waals surface area contributed by atoms with Gasteiger partial charge in [-0.25, -0.2) is 15.0 Å². The SMILES string of the molecule is FC(F)(F)c1cccc(-c2ccc(-c3nc(-c4ccccc4)nc(-c4ccccc4)n3)c(-n3c4ccccc4c4ccc(C(F)(F)F)cc43)c2)c1. The standard InChI is InChI=1S/C41H24F6N4/c42-40(43,44)29-15-9-14-27(22-29)28-18-20-33(39-49-37(25-10-3-1-4-11-25)48-38(50-39)26-12-5-2-6-13-26)35(23-28)51-34-17-8-7-16-31(34)32-21-19-30(24-36(32)51)41(45,46)47/h1-24H. The van der Waals surface area contributed by atoms with Crippen molar-refractivity contribution in [1.29, 1.82) is 0 Å². The first-order valence-electron chi connectivity index (χ1n) is 15.8. The molecule has 0 amide bonds. The molecule has 0 aliphatic heterocycles. The molecule has 0 N–H and O–H groups in total. The molecular formula is C41H24F6N4. The van der Waals surface area contributed by atoms with E-state index in [0.717, 1.165) is 24.3 Å². The van der Waals surface area contributed by atoms with Crippen molar-refractivity contribution in [2.24, 2.45) is 0 Å². The Morgan fingerprint density at radius 3 is 1.57 bits per heavy atom. The highest BCUT2D eigenvalue weighted by Gasteiger charge is 2.32. The van der Waals surface area contributed by atoms with Gasteiger partial charge in [-0.2, -0.15) is 26.3 Å². The van der Waals surface area contributed by atoms with Crippen LogP contribution in [-0.4, -0.2) is 19.5 Å². The first-order valence-corrected chi connectivity index (χ1v) is 15.8. The number of halogens is 6. The lowest BCUT2D eigenvalue weighted by Gasteiger charge is -2.17. The van der Waals surface area contributed by atoms with Crippen LogP contribution in [0.2, 0.25) is 0 Å². The Morgan fingerprint density at radius 1 is 0.392 bits per heavy atom. The van der Waals surface area contributed by atoms with Gasteiger partial charge in [0.05, 0.1) is 27.8 Å². The Kier molecular flexibility index (Phi) is 7.67. The summed E-state index contributed by atoms with van der Waals surface area (Å²) >= 11 is 0. The van der Waals surface area contributed by atoms with Gasteiger partial charge in [0, 0.05) is 27.5 Å². The summed E-state index contributed by atoms with van der Waals surface area (Å²) in [4.78, 5) is 14.5. The fourth-order valence-electron chi connectivity index (χ4n) is 6.30. The van der Waals surface area contributed by atoms with Crippen LogP contribution in [0.3, 0.4) is 0 Å². The molecule has 0 aliphatic carbocycles. The average molecular weight is 687 g/mol. The molecule has 0 bridgehead atoms. The van der Waals surface area contributed by atoms with E-state index in [-0.39, 0.29) is 16.9 Å². The maximum Gasteiger partial charge on any atom is 0.416 e. The summed E-state index contributed by atoms with van der Waals surface area (Å²) in [7, 11) is 0. The normalized spacial score (nSPS) is 12.1. The third-order valence-electron chi connectivity index (χ3n) is 8.70. The largest absolute Gasteiger partial charge is 0.416 e. The Labute approximate surface area is 287 Å². The van der Waals surface area contributed by atoms with Crippen LogP contribution in [0.4, 0.5) is 26.3 Å². The molecule has 4 nitrogen and oxygen atoms in total. The third-order valence-corrected chi connectivity index (χ3v) is 8.70. The molecule has 10 heteroatoms. The lowest BCUT2D eigenvalue weighted by Crippen LogP contribution is -2.06. The number of rotatable bonds is 5. The second kappa shape index (κ2) is 12.2. The minimum absolute atomic E-state index is 0.228. The number of fused-ring (bicyclic) bond motifs is 3. The van der Waals surface area contributed by atoms with E-state index in [0.29, 0.717) is 55.9 Å². The van der Waals surface area contributed by atoms with Gasteiger partial charge >= 0.3 is 12.4 Å². The van der Waals surface area contributed by atoms with Gasteiger partial charge in [0.15, 0.2) is 17.5 Å². The maximum atomic E-state index is 14.2. The Morgan fingerprint density at radius 2 is 0.922 bits per heavy atom. The first-order chi connectivity index (χ1) is 24.5. The quantitative estimate of drug-likeness (QED) is 0.169. The van der Waals surface area contributed by atoms with Crippen LogP contribution in [0, 0.1) is 0 Å². The minimum atomic E-state index is -4.62. The van der Waals surface area contributed by atoms with Crippen molar-refractivity contribution in [3.8, 4) is 51.0 Å². The predicted octanol–water partition coefficient (Wildman–Crippen LogP) is 11.7. The van der Waals surface area contributed by atoms with Crippen LogP contribution in [0.15, 0.2) is 146 Å². The molecule has 0 saturated heterocycles. The Hall–Kier alpha value is -6.29. The van der Waals surface area contributed by atoms with Gasteiger partial charge in [-0.15, -0.1) is 0 Å². The second-order valence-corrected chi connectivity index (χ2v) is 11.9. The summed E-state index contributed by atoms with van der Waals surface area (Å²) in [6.07, 6.45) is -9.20. The molecular weight excluding hydrogens is 662 g/mol. The Bertz CT molecular complexity index is 2500. The topological polar surface area (TPSA) is 43.6 Å². The predicted molar refractivity (Wildman–Crippen MR) is 186 cm³/mol. The number of alkyl halides is 6. The molecule has 250 valence electrons. The van der Waals surface area contributed by atoms with Gasteiger partial charge in [0.1, 0.15) is 0 Å². The van der Waals surface area contributed by atoms with Crippen LogP contribution < -0.4 is 0 Å². The number of benzene rings is 6. The number of aromatic nitrogens is 4. The molecule has 2 heterocycles. The minimum Gasteiger partial charge on any atom is -0.308 e. The maximum absolute atomic E-state index is 14.2. The summed E-state index contributed by atoms with van der Waals surface area (Å²) < 4.78 is 85.5. The van der Waals surface area contributed by atoms with Crippen molar-refractivity contribution in [2.45, 2.75) is 12.4 Å². The third kappa shape index (κ3) is 5.99. The van der Waals surface area contributed by atoms with Gasteiger partial charge in [-0.3, -0.25) is 0 Å². The van der Waals surface area contributed by atoms with Gasteiger partial charge in [0.25, 0.3) is 0 Å². The lowest BCUT2D eigenvalue weighted by atomic mass is 9.99. The van der Waals surface area contributed by atoms with E-state index >= 15 is 0 Å². The molecule has 8 rings (SSSR count). The van der Waals surface area contributed by atoms with Gasteiger partial charge < -0.3 is 4.57 Å². The zero-order valence-corrected chi connectivity index (χ0v) is 26.4. The highest BCUT2D eigenvalue weighted by Crippen LogP contribution is 2.41. The van der Waals surface area contributed by atoms with Crippen molar-refractivity contribution in [2.75, 3.05) is 0 Å². The van der Waals surface area contributed by atoms with Crippen LogP contribution in [0.1, 0.15) is 11.1 Å². The highest BCUT2D eigenvalue weighted by atomic mass is 19.4. The van der Waals surface area contributed by atoms with Gasteiger partial charge in [-0.1, -0.05) is 103 Å². The van der Waals surface area contributed by atoms with Gasteiger partial charge in [-0.05, 0) is 53.6 Å². The summed E-state index contributed by atoms with van der Waals surface area (Å²) in [6, 6.07) is 39.3. The smallest absolute Gasteiger partial charge is 0.308 e. The van der Waals surface area contributed by atoms with Crippen molar-refractivity contribution in [1.82, 2.24) is 19.5 Å². The zero-order valence-electron chi connectivity index (χ0n) is 26.4. The fourth-order valence-corrected chi connectivity index (χ4v) is 6.30. The van der Waals surface area contributed by atoms with Crippen LogP contribution >= 0.6 is 0 Å². The molecule has 0 atom stereocenters. The van der Waals surface area contributed by atoms with Crippen LogP contribution in [0.5, 0.6) is 0 Å². The van der Waals surface area contributed by atoms with Crippen molar-refractivity contribution in [3.63, 3.8) is 0 Å². The zero-order chi connectivity index (χ0) is 35.3. The second-order valence-electron chi connectivity index (χ2n) is 11.9. The van der Waals surface area contributed by atoms with E-state index in [9.17, 15) is 26.3 Å².